The Morgan fingerprint density at radius 1 is 0.492 bits per heavy atom. The summed E-state index contributed by atoms with van der Waals surface area (Å²) >= 11 is 0. The molecule has 352 valence electrons. The Labute approximate surface area is 373 Å². The molecular formula is C51H90NO8P. The van der Waals surface area contributed by atoms with Gasteiger partial charge in [-0.05, 0) is 77.0 Å². The van der Waals surface area contributed by atoms with E-state index in [0.29, 0.717) is 6.42 Å². The molecule has 1 unspecified atom stereocenters. The number of ether oxygens (including phenoxy) is 2. The smallest absolute Gasteiger partial charge is 0.462 e. The molecule has 0 amide bonds. The van der Waals surface area contributed by atoms with E-state index in [0.717, 1.165) is 44.9 Å². The lowest BCUT2D eigenvalue weighted by Crippen LogP contribution is -2.29. The van der Waals surface area contributed by atoms with Crippen LogP contribution in [0.5, 0.6) is 0 Å². The number of nitrogens with two attached hydrogens (primary N) is 1. The molecule has 0 aromatic heterocycles. The predicted molar refractivity (Wildman–Crippen MR) is 256 cm³/mol. The molecule has 0 bridgehead atoms. The third kappa shape index (κ3) is 46.8. The molecule has 0 heterocycles. The molecule has 2 atom stereocenters. The Morgan fingerprint density at radius 2 is 0.885 bits per heavy atom. The van der Waals surface area contributed by atoms with Crippen LogP contribution in [0.4, 0.5) is 0 Å². The van der Waals surface area contributed by atoms with Gasteiger partial charge in [0.1, 0.15) is 6.61 Å². The number of carbonyl (C=O) groups is 2. The second-order valence-corrected chi connectivity index (χ2v) is 17.4. The van der Waals surface area contributed by atoms with Crippen molar-refractivity contribution in [3.05, 3.63) is 72.9 Å². The summed E-state index contributed by atoms with van der Waals surface area (Å²) in [7, 11) is -4.40. The lowest BCUT2D eigenvalue weighted by atomic mass is 10.0. The van der Waals surface area contributed by atoms with Crippen LogP contribution in [0, 0.1) is 0 Å². The molecule has 9 nitrogen and oxygen atoms in total. The molecule has 0 aliphatic rings. The lowest BCUT2D eigenvalue weighted by molar-refractivity contribution is -0.161. The Morgan fingerprint density at radius 3 is 1.38 bits per heavy atom. The van der Waals surface area contributed by atoms with Crippen molar-refractivity contribution < 1.29 is 37.6 Å². The zero-order valence-corrected chi connectivity index (χ0v) is 39.8. The van der Waals surface area contributed by atoms with E-state index in [1.54, 1.807) is 0 Å². The zero-order chi connectivity index (χ0) is 44.6. The van der Waals surface area contributed by atoms with Crippen molar-refractivity contribution in [2.24, 2.45) is 5.73 Å². The number of allylic oxidation sites excluding steroid dienone is 12. The van der Waals surface area contributed by atoms with Crippen LogP contribution >= 0.6 is 7.82 Å². The summed E-state index contributed by atoms with van der Waals surface area (Å²) < 4.78 is 32.8. The second kappa shape index (κ2) is 46.9. The minimum atomic E-state index is -4.40. The van der Waals surface area contributed by atoms with E-state index in [-0.39, 0.29) is 32.6 Å². The Bertz CT molecular complexity index is 1230. The average molecular weight is 876 g/mol. The van der Waals surface area contributed by atoms with Gasteiger partial charge >= 0.3 is 19.8 Å². The highest BCUT2D eigenvalue weighted by Crippen LogP contribution is 2.43. The summed E-state index contributed by atoms with van der Waals surface area (Å²) in [6.07, 6.45) is 58.1. The van der Waals surface area contributed by atoms with Gasteiger partial charge in [-0.15, -0.1) is 0 Å². The van der Waals surface area contributed by atoms with Crippen molar-refractivity contribution in [3.8, 4) is 0 Å². The third-order valence-electron chi connectivity index (χ3n) is 10.1. The van der Waals surface area contributed by atoms with Gasteiger partial charge in [0.2, 0.25) is 0 Å². The molecule has 61 heavy (non-hydrogen) atoms. The number of hydrogen-bond donors (Lipinski definition) is 2. The maximum atomic E-state index is 12.6. The van der Waals surface area contributed by atoms with E-state index < -0.39 is 32.5 Å². The van der Waals surface area contributed by atoms with Crippen LogP contribution in [0.25, 0.3) is 0 Å². The van der Waals surface area contributed by atoms with Gasteiger partial charge in [0, 0.05) is 19.4 Å². The average Bonchev–Trinajstić information content (AvgIpc) is 3.25. The maximum Gasteiger partial charge on any atom is 0.472 e. The first kappa shape index (κ1) is 58.5. The van der Waals surface area contributed by atoms with Crippen LogP contribution in [-0.4, -0.2) is 49.3 Å². The Kier molecular flexibility index (Phi) is 45.0. The quantitative estimate of drug-likeness (QED) is 0.0265. The fraction of sp³-hybridized carbons (Fsp3) is 0.725. The van der Waals surface area contributed by atoms with Gasteiger partial charge in [0.25, 0.3) is 0 Å². The highest BCUT2D eigenvalue weighted by atomic mass is 31.2. The van der Waals surface area contributed by atoms with Crippen molar-refractivity contribution in [1.29, 1.82) is 0 Å². The molecule has 0 saturated heterocycles. The number of rotatable bonds is 45. The molecular weight excluding hydrogens is 786 g/mol. The van der Waals surface area contributed by atoms with Gasteiger partial charge in [0.05, 0.1) is 13.2 Å². The normalized spacial score (nSPS) is 13.8. The second-order valence-electron chi connectivity index (χ2n) is 16.0. The van der Waals surface area contributed by atoms with E-state index in [4.69, 9.17) is 24.3 Å². The molecule has 0 aliphatic carbocycles. The van der Waals surface area contributed by atoms with Crippen LogP contribution in [0.2, 0.25) is 0 Å². The first-order valence-corrected chi connectivity index (χ1v) is 25.9. The molecule has 3 N–H and O–H groups in total. The highest BCUT2D eigenvalue weighted by molar-refractivity contribution is 7.47. The summed E-state index contributed by atoms with van der Waals surface area (Å²) in [4.78, 5) is 35.0. The molecule has 0 rings (SSSR count). The van der Waals surface area contributed by atoms with Crippen LogP contribution < -0.4 is 5.73 Å². The van der Waals surface area contributed by atoms with Crippen LogP contribution in [-0.2, 0) is 32.7 Å². The molecule has 0 aromatic rings. The number of esters is 2. The maximum absolute atomic E-state index is 12.6. The molecule has 0 aromatic carbocycles. The van der Waals surface area contributed by atoms with Crippen molar-refractivity contribution >= 4 is 19.8 Å². The number of phosphoric ester groups is 1. The van der Waals surface area contributed by atoms with E-state index in [1.165, 1.54) is 128 Å². The van der Waals surface area contributed by atoms with Crippen molar-refractivity contribution in [3.63, 3.8) is 0 Å². The van der Waals surface area contributed by atoms with Gasteiger partial charge in [-0.1, -0.05) is 189 Å². The molecule has 0 spiro atoms. The van der Waals surface area contributed by atoms with E-state index in [2.05, 4.69) is 74.6 Å². The first-order chi connectivity index (χ1) is 29.8. The van der Waals surface area contributed by atoms with Crippen LogP contribution in [0.3, 0.4) is 0 Å². The van der Waals surface area contributed by atoms with Gasteiger partial charge in [-0.2, -0.15) is 0 Å². The van der Waals surface area contributed by atoms with Gasteiger partial charge in [-0.3, -0.25) is 18.6 Å². The first-order valence-electron chi connectivity index (χ1n) is 24.4. The monoisotopic (exact) mass is 876 g/mol. The molecule has 0 saturated carbocycles. The number of hydrogen-bond acceptors (Lipinski definition) is 8. The SMILES string of the molecule is CCCCCC=CCC=CCC=CCC=CCC=CCCC(=O)O[C@H](COC(=O)CCCCCCCCCCCCCC=CCCCCCCCC)COP(=O)(O)OCCN. The topological polar surface area (TPSA) is 134 Å². The predicted octanol–water partition coefficient (Wildman–Crippen LogP) is 14.6. The summed E-state index contributed by atoms with van der Waals surface area (Å²) in [5.74, 6) is -0.926. The van der Waals surface area contributed by atoms with Crippen LogP contribution in [0.15, 0.2) is 72.9 Å². The Hall–Kier alpha value is -2.55. The fourth-order valence-corrected chi connectivity index (χ4v) is 7.20. The molecule has 10 heteroatoms. The van der Waals surface area contributed by atoms with Gasteiger partial charge < -0.3 is 20.1 Å². The number of unbranched alkanes of at least 4 members (excludes halogenated alkanes) is 20. The van der Waals surface area contributed by atoms with E-state index >= 15 is 0 Å². The summed E-state index contributed by atoms with van der Waals surface area (Å²) in [6.45, 7) is 3.62. The van der Waals surface area contributed by atoms with Crippen molar-refractivity contribution in [2.75, 3.05) is 26.4 Å². The van der Waals surface area contributed by atoms with E-state index in [9.17, 15) is 19.0 Å². The van der Waals surface area contributed by atoms with E-state index in [1.807, 2.05) is 12.2 Å². The van der Waals surface area contributed by atoms with Crippen molar-refractivity contribution in [2.45, 2.75) is 213 Å². The lowest BCUT2D eigenvalue weighted by Gasteiger charge is -2.19. The highest BCUT2D eigenvalue weighted by Gasteiger charge is 2.25. The summed E-state index contributed by atoms with van der Waals surface area (Å²) in [6, 6.07) is 0. The fourth-order valence-electron chi connectivity index (χ4n) is 6.44. The Balaban J connectivity index is 4.19. The minimum absolute atomic E-state index is 0.0394. The standard InChI is InChI=1S/C51H90NO8P/c1-3-5-7-9-11-13-15-17-19-21-23-24-26-27-29-31-33-35-37-39-41-43-50(53)57-47-49(48-59-61(55,56)58-46-45-52)60-51(54)44-42-40-38-36-34-32-30-28-25-22-20-18-16-14-12-10-8-6-4-2/h12,14,17-20,25,28,32,34,38,40,49H,3-11,13,15-16,21-24,26-27,29-31,33,35-37,39,41-48,52H2,1-2H3,(H,55,56)/t49-/m1/s1. The summed E-state index contributed by atoms with van der Waals surface area (Å²) in [5.41, 5.74) is 5.35. The summed E-state index contributed by atoms with van der Waals surface area (Å²) in [5, 5.41) is 0. The molecule has 0 radical (unpaired) electrons. The van der Waals surface area contributed by atoms with Crippen LogP contribution in [0.1, 0.15) is 206 Å². The third-order valence-corrected chi connectivity index (χ3v) is 11.1. The molecule has 0 aliphatic heterocycles. The minimum Gasteiger partial charge on any atom is -0.462 e. The van der Waals surface area contributed by atoms with Crippen molar-refractivity contribution in [1.82, 2.24) is 0 Å². The molecule has 0 fully saturated rings. The van der Waals surface area contributed by atoms with Gasteiger partial charge in [0.15, 0.2) is 6.10 Å². The largest absolute Gasteiger partial charge is 0.472 e. The number of phosphoric acid groups is 1. The zero-order valence-electron chi connectivity index (χ0n) is 38.9. The van der Waals surface area contributed by atoms with Gasteiger partial charge in [-0.25, -0.2) is 4.57 Å². The number of carbonyl (C=O) groups excluding carboxylic acids is 2.